The smallest absolute Gasteiger partial charge is 0.258 e. The fourth-order valence-electron chi connectivity index (χ4n) is 2.91. The first-order valence-electron chi connectivity index (χ1n) is 9.68. The van der Waals surface area contributed by atoms with Gasteiger partial charge in [0.1, 0.15) is 5.75 Å². The molecule has 0 aliphatic rings. The van der Waals surface area contributed by atoms with E-state index in [1.165, 1.54) is 11.1 Å². The van der Waals surface area contributed by atoms with Crippen molar-refractivity contribution in [3.05, 3.63) is 65.7 Å². The van der Waals surface area contributed by atoms with Crippen molar-refractivity contribution >= 4 is 18.3 Å². The zero-order chi connectivity index (χ0) is 19.7. The summed E-state index contributed by atoms with van der Waals surface area (Å²) in [7, 11) is 0. The summed E-state index contributed by atoms with van der Waals surface area (Å²) in [6.45, 7) is 8.89. The van der Waals surface area contributed by atoms with E-state index < -0.39 is 0 Å². The Morgan fingerprint density at radius 2 is 1.68 bits per heavy atom. The summed E-state index contributed by atoms with van der Waals surface area (Å²) in [6, 6.07) is 18.8. The Labute approximate surface area is 175 Å². The van der Waals surface area contributed by atoms with E-state index in [-0.39, 0.29) is 30.5 Å². The summed E-state index contributed by atoms with van der Waals surface area (Å²) < 4.78 is 5.57. The summed E-state index contributed by atoms with van der Waals surface area (Å²) in [5, 5.41) is 6.53. The van der Waals surface area contributed by atoms with Gasteiger partial charge < -0.3 is 15.4 Å². The van der Waals surface area contributed by atoms with Crippen LogP contribution in [0.1, 0.15) is 57.7 Å². The molecule has 0 aliphatic carbocycles. The summed E-state index contributed by atoms with van der Waals surface area (Å²) in [6.07, 6.45) is 2.24. The van der Waals surface area contributed by atoms with Gasteiger partial charge in [-0.2, -0.15) is 0 Å². The molecule has 2 rings (SSSR count). The van der Waals surface area contributed by atoms with Gasteiger partial charge in [-0.3, -0.25) is 4.79 Å². The molecule has 4 nitrogen and oxygen atoms in total. The van der Waals surface area contributed by atoms with Gasteiger partial charge in [0.05, 0.1) is 0 Å². The minimum absolute atomic E-state index is 0. The molecule has 0 aliphatic heterocycles. The van der Waals surface area contributed by atoms with E-state index >= 15 is 0 Å². The molecule has 1 amide bonds. The molecule has 0 bridgehead atoms. The third-order valence-corrected chi connectivity index (χ3v) is 4.14. The Kier molecular flexibility index (Phi) is 10.0. The second-order valence-corrected chi connectivity index (χ2v) is 7.86. The lowest BCUT2D eigenvalue weighted by Crippen LogP contribution is -2.43. The van der Waals surface area contributed by atoms with Crippen molar-refractivity contribution in [2.75, 3.05) is 6.61 Å². The lowest BCUT2D eigenvalue weighted by atomic mass is 10.0. The lowest BCUT2D eigenvalue weighted by molar-refractivity contribution is -0.124. The van der Waals surface area contributed by atoms with Crippen LogP contribution in [-0.2, 0) is 11.3 Å². The van der Waals surface area contributed by atoms with Gasteiger partial charge in [-0.25, -0.2) is 0 Å². The highest BCUT2D eigenvalue weighted by atomic mass is 35.5. The molecular weight excluding hydrogens is 372 g/mol. The van der Waals surface area contributed by atoms with Gasteiger partial charge >= 0.3 is 0 Å². The molecule has 154 valence electrons. The fourth-order valence-corrected chi connectivity index (χ4v) is 2.91. The number of rotatable bonds is 9. The minimum atomic E-state index is -0.246. The number of ether oxygens (including phenoxy) is 1. The van der Waals surface area contributed by atoms with Crippen LogP contribution in [0.4, 0.5) is 0 Å². The molecule has 0 saturated carbocycles. The van der Waals surface area contributed by atoms with Gasteiger partial charge in [0.15, 0.2) is 6.61 Å². The summed E-state index contributed by atoms with van der Waals surface area (Å²) in [5.41, 5.74) is 2.27. The number of hydrogen-bond acceptors (Lipinski definition) is 3. The van der Waals surface area contributed by atoms with Crippen molar-refractivity contribution in [3.63, 3.8) is 0 Å². The molecule has 0 radical (unpaired) electrons. The van der Waals surface area contributed by atoms with Crippen LogP contribution in [0.2, 0.25) is 0 Å². The number of amides is 1. The molecule has 28 heavy (non-hydrogen) atoms. The average molecular weight is 405 g/mol. The van der Waals surface area contributed by atoms with Crippen LogP contribution in [0.15, 0.2) is 54.6 Å². The molecule has 1 atom stereocenters. The normalized spacial score (nSPS) is 12.0. The van der Waals surface area contributed by atoms with E-state index in [1.54, 1.807) is 0 Å². The van der Waals surface area contributed by atoms with Crippen molar-refractivity contribution < 1.29 is 9.53 Å². The summed E-state index contributed by atoms with van der Waals surface area (Å²) in [4.78, 5) is 11.8. The SMILES string of the molecule is CCCC(NCc1ccc(OCC(=O)NC(C)(C)C)cc1)c1ccccc1.Cl. The van der Waals surface area contributed by atoms with Crippen LogP contribution in [0.25, 0.3) is 0 Å². The van der Waals surface area contributed by atoms with Gasteiger partial charge in [-0.1, -0.05) is 55.8 Å². The van der Waals surface area contributed by atoms with Crippen molar-refractivity contribution in [2.24, 2.45) is 0 Å². The van der Waals surface area contributed by atoms with Crippen LogP contribution in [0.3, 0.4) is 0 Å². The maximum Gasteiger partial charge on any atom is 0.258 e. The van der Waals surface area contributed by atoms with Gasteiger partial charge in [0.25, 0.3) is 5.91 Å². The number of benzene rings is 2. The lowest BCUT2D eigenvalue weighted by Gasteiger charge is -2.20. The van der Waals surface area contributed by atoms with Crippen molar-refractivity contribution in [1.82, 2.24) is 10.6 Å². The van der Waals surface area contributed by atoms with Crippen molar-refractivity contribution in [3.8, 4) is 5.75 Å². The summed E-state index contributed by atoms with van der Waals surface area (Å²) in [5.74, 6) is 0.592. The first-order valence-corrected chi connectivity index (χ1v) is 9.68. The van der Waals surface area contributed by atoms with Gasteiger partial charge in [-0.15, -0.1) is 12.4 Å². The molecular formula is C23H33ClN2O2. The maximum absolute atomic E-state index is 11.8. The Bertz CT molecular complexity index is 697. The zero-order valence-corrected chi connectivity index (χ0v) is 18.1. The molecule has 2 N–H and O–H groups in total. The average Bonchev–Trinajstić information content (AvgIpc) is 2.63. The molecule has 0 saturated heterocycles. The fraction of sp³-hybridized carbons (Fsp3) is 0.435. The van der Waals surface area contributed by atoms with Gasteiger partial charge in [-0.05, 0) is 50.5 Å². The monoisotopic (exact) mass is 404 g/mol. The highest BCUT2D eigenvalue weighted by Gasteiger charge is 2.14. The first-order chi connectivity index (χ1) is 12.9. The molecule has 5 heteroatoms. The number of nitrogens with one attached hydrogen (secondary N) is 2. The Morgan fingerprint density at radius 3 is 2.25 bits per heavy atom. The first kappa shape index (κ1) is 24.0. The van der Waals surface area contributed by atoms with Crippen LogP contribution in [0.5, 0.6) is 5.75 Å². The predicted octanol–water partition coefficient (Wildman–Crippen LogP) is 5.03. The van der Waals surface area contributed by atoms with Crippen LogP contribution in [0, 0.1) is 0 Å². The molecule has 0 heterocycles. The standard InChI is InChI=1S/C23H32N2O2.ClH/c1-5-9-21(19-10-7-6-8-11-19)24-16-18-12-14-20(15-13-18)27-17-22(26)25-23(2,3)4;/h6-8,10-15,21,24H,5,9,16-17H2,1-4H3,(H,25,26);1H. The Hall–Kier alpha value is -2.04. The molecule has 0 fully saturated rings. The highest BCUT2D eigenvalue weighted by Crippen LogP contribution is 2.19. The molecule has 2 aromatic carbocycles. The Balaban J connectivity index is 0.00000392. The topological polar surface area (TPSA) is 50.4 Å². The zero-order valence-electron chi connectivity index (χ0n) is 17.3. The minimum Gasteiger partial charge on any atom is -0.484 e. The van der Waals surface area contributed by atoms with E-state index in [0.29, 0.717) is 11.8 Å². The van der Waals surface area contributed by atoms with E-state index in [9.17, 15) is 4.79 Å². The van der Waals surface area contributed by atoms with Crippen LogP contribution in [-0.4, -0.2) is 18.1 Å². The molecule has 1 unspecified atom stereocenters. The summed E-state index contributed by atoms with van der Waals surface area (Å²) >= 11 is 0. The highest BCUT2D eigenvalue weighted by molar-refractivity contribution is 5.85. The number of carbonyl (C=O) groups is 1. The van der Waals surface area contributed by atoms with E-state index in [2.05, 4.69) is 41.8 Å². The number of halogens is 1. The Morgan fingerprint density at radius 1 is 1.04 bits per heavy atom. The van der Waals surface area contributed by atoms with E-state index in [1.807, 2.05) is 51.1 Å². The number of hydrogen-bond donors (Lipinski definition) is 2. The van der Waals surface area contributed by atoms with Gasteiger partial charge in [0, 0.05) is 18.1 Å². The second-order valence-electron chi connectivity index (χ2n) is 7.86. The predicted molar refractivity (Wildman–Crippen MR) is 118 cm³/mol. The molecule has 0 spiro atoms. The van der Waals surface area contributed by atoms with Crippen LogP contribution >= 0.6 is 12.4 Å². The van der Waals surface area contributed by atoms with Gasteiger partial charge in [0.2, 0.25) is 0 Å². The quantitative estimate of drug-likeness (QED) is 0.616. The number of carbonyl (C=O) groups excluding carboxylic acids is 1. The third-order valence-electron chi connectivity index (χ3n) is 4.14. The van der Waals surface area contributed by atoms with E-state index in [4.69, 9.17) is 4.74 Å². The maximum atomic E-state index is 11.8. The second kappa shape index (κ2) is 11.7. The van der Waals surface area contributed by atoms with Crippen molar-refractivity contribution in [2.45, 2.75) is 58.7 Å². The molecule has 2 aromatic rings. The van der Waals surface area contributed by atoms with Crippen molar-refractivity contribution in [1.29, 1.82) is 0 Å². The van der Waals surface area contributed by atoms with E-state index in [0.717, 1.165) is 19.4 Å². The third kappa shape index (κ3) is 8.77. The van der Waals surface area contributed by atoms with Crippen LogP contribution < -0.4 is 15.4 Å². The largest absolute Gasteiger partial charge is 0.484 e. The molecule has 0 aromatic heterocycles.